The molecule has 0 radical (unpaired) electrons. The number of ketones is 1. The van der Waals surface area contributed by atoms with Crippen molar-refractivity contribution in [1.29, 1.82) is 0 Å². The van der Waals surface area contributed by atoms with Gasteiger partial charge in [0, 0.05) is 12.8 Å². The molecular formula is C14H24O. The van der Waals surface area contributed by atoms with Crippen LogP contribution in [-0.2, 0) is 4.79 Å². The van der Waals surface area contributed by atoms with Gasteiger partial charge in [-0.25, -0.2) is 0 Å². The molecular weight excluding hydrogens is 184 g/mol. The number of rotatable bonds is 10. The SMILES string of the molecule is C=C/C=C/CCCCCCC(=O)CCC. The Labute approximate surface area is 94.3 Å². The van der Waals surface area contributed by atoms with Crippen LogP contribution in [0.1, 0.15) is 58.3 Å². The van der Waals surface area contributed by atoms with E-state index in [4.69, 9.17) is 0 Å². The Kier molecular flexibility index (Phi) is 10.6. The molecule has 0 unspecified atom stereocenters. The van der Waals surface area contributed by atoms with Crippen molar-refractivity contribution in [3.8, 4) is 0 Å². The highest BCUT2D eigenvalue weighted by atomic mass is 16.1. The lowest BCUT2D eigenvalue weighted by Crippen LogP contribution is -1.95. The number of carbonyl (C=O) groups is 1. The van der Waals surface area contributed by atoms with Crippen LogP contribution in [0, 0.1) is 0 Å². The van der Waals surface area contributed by atoms with E-state index in [1.54, 1.807) is 0 Å². The van der Waals surface area contributed by atoms with Crippen LogP contribution in [0.2, 0.25) is 0 Å². The van der Waals surface area contributed by atoms with Crippen LogP contribution in [0.3, 0.4) is 0 Å². The van der Waals surface area contributed by atoms with Gasteiger partial charge in [-0.1, -0.05) is 44.6 Å². The lowest BCUT2D eigenvalue weighted by Gasteiger charge is -1.99. The highest BCUT2D eigenvalue weighted by Gasteiger charge is 1.98. The Bertz CT molecular complexity index is 192. The topological polar surface area (TPSA) is 17.1 Å². The van der Waals surface area contributed by atoms with Crippen molar-refractivity contribution in [3.05, 3.63) is 24.8 Å². The molecule has 0 rings (SSSR count). The molecule has 1 heteroatoms. The van der Waals surface area contributed by atoms with E-state index in [1.165, 1.54) is 19.3 Å². The molecule has 86 valence electrons. The molecule has 0 aliphatic heterocycles. The number of unbranched alkanes of at least 4 members (excludes halogenated alkanes) is 4. The number of allylic oxidation sites excluding steroid dienone is 3. The van der Waals surface area contributed by atoms with E-state index in [-0.39, 0.29) is 0 Å². The first-order chi connectivity index (χ1) is 7.31. The van der Waals surface area contributed by atoms with Gasteiger partial charge in [0.2, 0.25) is 0 Å². The third-order valence-electron chi connectivity index (χ3n) is 2.38. The van der Waals surface area contributed by atoms with Gasteiger partial charge in [-0.15, -0.1) is 0 Å². The minimum Gasteiger partial charge on any atom is -0.300 e. The third kappa shape index (κ3) is 11.1. The molecule has 1 nitrogen and oxygen atoms in total. The predicted molar refractivity (Wildman–Crippen MR) is 67.0 cm³/mol. The average Bonchev–Trinajstić information content (AvgIpc) is 2.22. The fourth-order valence-corrected chi connectivity index (χ4v) is 1.53. The molecule has 0 saturated carbocycles. The lowest BCUT2D eigenvalue weighted by molar-refractivity contribution is -0.119. The summed E-state index contributed by atoms with van der Waals surface area (Å²) in [6.45, 7) is 5.68. The highest BCUT2D eigenvalue weighted by Crippen LogP contribution is 2.07. The molecule has 0 aromatic heterocycles. The Morgan fingerprint density at radius 1 is 1.13 bits per heavy atom. The Hall–Kier alpha value is -0.850. The molecule has 0 spiro atoms. The average molecular weight is 208 g/mol. The van der Waals surface area contributed by atoms with Crippen molar-refractivity contribution in [1.82, 2.24) is 0 Å². The minimum absolute atomic E-state index is 0.434. The van der Waals surface area contributed by atoms with E-state index in [2.05, 4.69) is 19.6 Å². The molecule has 0 aliphatic rings. The van der Waals surface area contributed by atoms with E-state index >= 15 is 0 Å². The van der Waals surface area contributed by atoms with E-state index in [0.29, 0.717) is 5.78 Å². The number of carbonyl (C=O) groups excluding carboxylic acids is 1. The van der Waals surface area contributed by atoms with Gasteiger partial charge in [0.15, 0.2) is 0 Å². The summed E-state index contributed by atoms with van der Waals surface area (Å²) in [6, 6.07) is 0. The van der Waals surface area contributed by atoms with Crippen LogP contribution in [0.15, 0.2) is 24.8 Å². The summed E-state index contributed by atoms with van der Waals surface area (Å²) in [7, 11) is 0. The van der Waals surface area contributed by atoms with Crippen molar-refractivity contribution < 1.29 is 4.79 Å². The van der Waals surface area contributed by atoms with Crippen LogP contribution in [0.4, 0.5) is 0 Å². The van der Waals surface area contributed by atoms with Crippen LogP contribution in [-0.4, -0.2) is 5.78 Å². The first kappa shape index (κ1) is 14.2. The molecule has 0 aromatic rings. The predicted octanol–water partition coefficient (Wildman–Crippen LogP) is 4.44. The van der Waals surface area contributed by atoms with Crippen molar-refractivity contribution in [3.63, 3.8) is 0 Å². The molecule has 0 amide bonds. The quantitative estimate of drug-likeness (QED) is 0.383. The van der Waals surface area contributed by atoms with E-state index in [0.717, 1.165) is 32.1 Å². The first-order valence-electron chi connectivity index (χ1n) is 6.10. The second kappa shape index (κ2) is 11.2. The molecule has 0 atom stereocenters. The maximum Gasteiger partial charge on any atom is 0.132 e. The highest BCUT2D eigenvalue weighted by molar-refractivity contribution is 5.78. The number of hydrogen-bond donors (Lipinski definition) is 0. The van der Waals surface area contributed by atoms with Crippen LogP contribution in [0.5, 0.6) is 0 Å². The number of Topliss-reactive ketones (excluding diaryl/α,β-unsaturated/α-hetero) is 1. The van der Waals surface area contributed by atoms with Gasteiger partial charge in [-0.2, -0.15) is 0 Å². The summed E-state index contributed by atoms with van der Waals surface area (Å²) in [5, 5.41) is 0. The monoisotopic (exact) mass is 208 g/mol. The molecule has 15 heavy (non-hydrogen) atoms. The summed E-state index contributed by atoms with van der Waals surface area (Å²) in [5.74, 6) is 0.434. The summed E-state index contributed by atoms with van der Waals surface area (Å²) >= 11 is 0. The third-order valence-corrected chi connectivity index (χ3v) is 2.38. The summed E-state index contributed by atoms with van der Waals surface area (Å²) in [6.07, 6.45) is 14.4. The largest absolute Gasteiger partial charge is 0.300 e. The second-order valence-corrected chi connectivity index (χ2v) is 3.91. The zero-order chi connectivity index (χ0) is 11.4. The molecule has 0 bridgehead atoms. The van der Waals surface area contributed by atoms with Gasteiger partial charge >= 0.3 is 0 Å². The zero-order valence-electron chi connectivity index (χ0n) is 10.0. The first-order valence-corrected chi connectivity index (χ1v) is 6.10. The summed E-state index contributed by atoms with van der Waals surface area (Å²) < 4.78 is 0. The van der Waals surface area contributed by atoms with Crippen molar-refractivity contribution in [2.45, 2.75) is 58.3 Å². The molecule has 0 aliphatic carbocycles. The molecule has 0 heterocycles. The van der Waals surface area contributed by atoms with Crippen molar-refractivity contribution in [2.75, 3.05) is 0 Å². The van der Waals surface area contributed by atoms with Gasteiger partial charge in [0.05, 0.1) is 0 Å². The minimum atomic E-state index is 0.434. The van der Waals surface area contributed by atoms with Crippen LogP contribution >= 0.6 is 0 Å². The summed E-state index contributed by atoms with van der Waals surface area (Å²) in [5.41, 5.74) is 0. The van der Waals surface area contributed by atoms with Gasteiger partial charge in [-0.05, 0) is 25.7 Å². The Morgan fingerprint density at radius 3 is 2.53 bits per heavy atom. The van der Waals surface area contributed by atoms with Crippen LogP contribution < -0.4 is 0 Å². The zero-order valence-corrected chi connectivity index (χ0v) is 10.0. The number of hydrogen-bond acceptors (Lipinski definition) is 1. The van der Waals surface area contributed by atoms with Gasteiger partial charge in [0.1, 0.15) is 5.78 Å². The van der Waals surface area contributed by atoms with Gasteiger partial charge in [-0.3, -0.25) is 4.79 Å². The fourth-order valence-electron chi connectivity index (χ4n) is 1.53. The maximum atomic E-state index is 11.2. The standard InChI is InChI=1S/C14H24O/c1-3-5-6-7-8-9-10-11-13-14(15)12-4-2/h3,5-6H,1,4,7-13H2,2H3/b6-5+. The van der Waals surface area contributed by atoms with Gasteiger partial charge < -0.3 is 0 Å². The second-order valence-electron chi connectivity index (χ2n) is 3.91. The maximum absolute atomic E-state index is 11.2. The Morgan fingerprint density at radius 2 is 1.87 bits per heavy atom. The van der Waals surface area contributed by atoms with Crippen molar-refractivity contribution >= 4 is 5.78 Å². The molecule has 0 saturated heterocycles. The van der Waals surface area contributed by atoms with Crippen molar-refractivity contribution in [2.24, 2.45) is 0 Å². The lowest BCUT2D eigenvalue weighted by atomic mass is 10.1. The molecule has 0 fully saturated rings. The fraction of sp³-hybridized carbons (Fsp3) is 0.643. The van der Waals surface area contributed by atoms with Crippen LogP contribution in [0.25, 0.3) is 0 Å². The van der Waals surface area contributed by atoms with E-state index in [9.17, 15) is 4.79 Å². The molecule has 0 aromatic carbocycles. The van der Waals surface area contributed by atoms with Gasteiger partial charge in [0.25, 0.3) is 0 Å². The molecule has 0 N–H and O–H groups in total. The summed E-state index contributed by atoms with van der Waals surface area (Å²) in [4.78, 5) is 11.2. The Balaban J connectivity index is 3.14. The van der Waals surface area contributed by atoms with E-state index < -0.39 is 0 Å². The normalized spacial score (nSPS) is 10.7. The smallest absolute Gasteiger partial charge is 0.132 e. The van der Waals surface area contributed by atoms with E-state index in [1.807, 2.05) is 12.2 Å².